The van der Waals surface area contributed by atoms with Crippen LogP contribution in [0.1, 0.15) is 30.1 Å². The van der Waals surface area contributed by atoms with E-state index in [9.17, 15) is 13.2 Å². The highest BCUT2D eigenvalue weighted by molar-refractivity contribution is 7.89. The lowest BCUT2D eigenvalue weighted by Crippen LogP contribution is -2.23. The third-order valence-electron chi connectivity index (χ3n) is 3.36. The maximum Gasteiger partial charge on any atom is 0.271 e. The van der Waals surface area contributed by atoms with Crippen LogP contribution in [0.25, 0.3) is 0 Å². The Balaban J connectivity index is 2.18. The minimum atomic E-state index is -3.56. The van der Waals surface area contributed by atoms with Gasteiger partial charge in [0.25, 0.3) is 5.91 Å². The number of carbonyl (C=O) groups is 1. The van der Waals surface area contributed by atoms with Crippen LogP contribution in [0.3, 0.4) is 0 Å². The van der Waals surface area contributed by atoms with Gasteiger partial charge in [0.15, 0.2) is 0 Å². The third-order valence-corrected chi connectivity index (χ3v) is 5.18. The molecule has 1 N–H and O–H groups in total. The molecule has 1 aromatic rings. The highest BCUT2D eigenvalue weighted by atomic mass is 32.2. The number of nitrogens with zero attached hydrogens (tertiary/aromatic N) is 2. The molecule has 0 atom stereocenters. The van der Waals surface area contributed by atoms with Gasteiger partial charge in [0.1, 0.15) is 0 Å². The average molecular weight is 321 g/mol. The number of hydrazone groups is 1. The van der Waals surface area contributed by atoms with Crippen LogP contribution >= 0.6 is 0 Å². The molecule has 0 unspecified atom stereocenters. The minimum absolute atomic E-state index is 0.0782. The number of nitrogens with one attached hydrogen (secondary N) is 1. The molecule has 1 amide bonds. The fourth-order valence-corrected chi connectivity index (χ4v) is 2.99. The van der Waals surface area contributed by atoms with Crippen LogP contribution in [0, 0.1) is 0 Å². The molecule has 0 aliphatic heterocycles. The van der Waals surface area contributed by atoms with E-state index in [4.69, 9.17) is 0 Å². The Bertz CT molecular complexity index is 749. The lowest BCUT2D eigenvalue weighted by molar-refractivity contribution is 0.0954. The van der Waals surface area contributed by atoms with Crippen molar-refractivity contribution in [1.82, 2.24) is 9.73 Å². The topological polar surface area (TPSA) is 78.8 Å². The van der Waals surface area contributed by atoms with Crippen molar-refractivity contribution in [2.24, 2.45) is 5.10 Å². The minimum Gasteiger partial charge on any atom is -0.267 e. The van der Waals surface area contributed by atoms with Crippen molar-refractivity contribution in [3.8, 4) is 0 Å². The number of benzene rings is 1. The van der Waals surface area contributed by atoms with E-state index in [0.29, 0.717) is 0 Å². The number of carbonyl (C=O) groups excluding carboxylic acids is 1. The molecule has 6 nitrogen and oxygen atoms in total. The predicted molar refractivity (Wildman–Crippen MR) is 85.2 cm³/mol. The van der Waals surface area contributed by atoms with Gasteiger partial charge >= 0.3 is 0 Å². The van der Waals surface area contributed by atoms with Gasteiger partial charge in [-0.25, -0.2) is 18.1 Å². The third kappa shape index (κ3) is 3.61. The van der Waals surface area contributed by atoms with E-state index in [0.717, 1.165) is 22.9 Å². The van der Waals surface area contributed by atoms with Gasteiger partial charge in [0.2, 0.25) is 10.0 Å². The smallest absolute Gasteiger partial charge is 0.267 e. The molecule has 1 aliphatic carbocycles. The Morgan fingerprint density at radius 3 is 2.59 bits per heavy atom. The van der Waals surface area contributed by atoms with Crippen LogP contribution in [0.4, 0.5) is 0 Å². The Morgan fingerprint density at radius 2 is 2.00 bits per heavy atom. The van der Waals surface area contributed by atoms with E-state index in [2.05, 4.69) is 10.5 Å². The van der Waals surface area contributed by atoms with E-state index in [1.54, 1.807) is 6.07 Å². The van der Waals surface area contributed by atoms with Crippen molar-refractivity contribution in [2.75, 3.05) is 14.1 Å². The highest BCUT2D eigenvalue weighted by Crippen LogP contribution is 2.16. The molecule has 0 saturated heterocycles. The van der Waals surface area contributed by atoms with Gasteiger partial charge in [-0.2, -0.15) is 5.10 Å². The second-order valence-electron chi connectivity index (χ2n) is 5.35. The average Bonchev–Trinajstić information content (AvgIpc) is 2.90. The number of rotatable bonds is 4. The molecular formula is C15H19N3O3S. The summed E-state index contributed by atoms with van der Waals surface area (Å²) in [6, 6.07) is 5.90. The zero-order chi connectivity index (χ0) is 16.3. The zero-order valence-corrected chi connectivity index (χ0v) is 13.6. The fraction of sp³-hybridized carbons (Fsp3) is 0.333. The van der Waals surface area contributed by atoms with Crippen LogP contribution < -0.4 is 5.43 Å². The first-order valence-electron chi connectivity index (χ1n) is 6.87. The van der Waals surface area contributed by atoms with Gasteiger partial charge in [-0.1, -0.05) is 11.6 Å². The summed E-state index contributed by atoms with van der Waals surface area (Å²) < 4.78 is 25.2. The Morgan fingerprint density at radius 1 is 1.27 bits per heavy atom. The number of allylic oxidation sites excluding steroid dienone is 2. The van der Waals surface area contributed by atoms with Crippen molar-refractivity contribution in [2.45, 2.75) is 24.7 Å². The van der Waals surface area contributed by atoms with Crippen LogP contribution in [-0.4, -0.2) is 38.4 Å². The molecule has 22 heavy (non-hydrogen) atoms. The lowest BCUT2D eigenvalue weighted by atomic mass is 10.2. The van der Waals surface area contributed by atoms with E-state index in [1.165, 1.54) is 37.9 Å². The molecule has 0 heterocycles. The van der Waals surface area contributed by atoms with Crippen molar-refractivity contribution in [3.05, 3.63) is 41.5 Å². The zero-order valence-electron chi connectivity index (χ0n) is 12.8. The molecule has 0 fully saturated rings. The van der Waals surface area contributed by atoms with E-state index in [1.807, 2.05) is 13.0 Å². The van der Waals surface area contributed by atoms with Crippen molar-refractivity contribution < 1.29 is 13.2 Å². The van der Waals surface area contributed by atoms with E-state index < -0.39 is 15.9 Å². The number of hydrogen-bond acceptors (Lipinski definition) is 4. The molecule has 0 radical (unpaired) electrons. The first kappa shape index (κ1) is 16.4. The molecule has 1 aliphatic rings. The van der Waals surface area contributed by atoms with Gasteiger partial charge in [-0.3, -0.25) is 4.79 Å². The van der Waals surface area contributed by atoms with Crippen LogP contribution in [0.5, 0.6) is 0 Å². The van der Waals surface area contributed by atoms with Crippen LogP contribution in [0.2, 0.25) is 0 Å². The first-order chi connectivity index (χ1) is 10.3. The largest absolute Gasteiger partial charge is 0.271 e. The summed E-state index contributed by atoms with van der Waals surface area (Å²) in [6.07, 6.45) is 3.69. The molecule has 0 spiro atoms. The van der Waals surface area contributed by atoms with Crippen LogP contribution in [0.15, 0.2) is 45.9 Å². The molecule has 1 aromatic carbocycles. The van der Waals surface area contributed by atoms with Gasteiger partial charge in [-0.15, -0.1) is 0 Å². The van der Waals surface area contributed by atoms with Crippen molar-refractivity contribution in [1.29, 1.82) is 0 Å². The molecule has 0 bridgehead atoms. The Labute approximate surface area is 130 Å². The van der Waals surface area contributed by atoms with Gasteiger partial charge < -0.3 is 0 Å². The summed E-state index contributed by atoms with van der Waals surface area (Å²) in [7, 11) is -0.668. The lowest BCUT2D eigenvalue weighted by Gasteiger charge is -2.11. The molecular weight excluding hydrogens is 302 g/mol. The molecule has 7 heteroatoms. The number of hydrogen-bond donors (Lipinski definition) is 1. The van der Waals surface area contributed by atoms with Crippen LogP contribution in [-0.2, 0) is 10.0 Å². The quantitative estimate of drug-likeness (QED) is 0.858. The van der Waals surface area contributed by atoms with E-state index in [-0.39, 0.29) is 10.5 Å². The molecule has 2 rings (SSSR count). The maximum absolute atomic E-state index is 12.1. The normalized spacial score (nSPS) is 16.9. The van der Waals surface area contributed by atoms with Crippen molar-refractivity contribution >= 4 is 21.6 Å². The summed E-state index contributed by atoms with van der Waals surface area (Å²) in [5.74, 6) is -0.429. The summed E-state index contributed by atoms with van der Waals surface area (Å²) in [4.78, 5) is 12.2. The summed E-state index contributed by atoms with van der Waals surface area (Å²) in [5, 5.41) is 4.06. The molecule has 118 valence electrons. The molecule has 0 aromatic heterocycles. The molecule has 0 saturated carbocycles. The SMILES string of the molecule is CC1=C/C(=N\NC(=O)c2cccc(S(=O)(=O)N(C)C)c2)CC1. The predicted octanol–water partition coefficient (Wildman–Crippen LogP) is 1.76. The second-order valence-corrected chi connectivity index (χ2v) is 7.50. The summed E-state index contributed by atoms with van der Waals surface area (Å²) in [6.45, 7) is 2.01. The van der Waals surface area contributed by atoms with Gasteiger partial charge in [-0.05, 0) is 44.0 Å². The van der Waals surface area contributed by atoms with Gasteiger partial charge in [0.05, 0.1) is 10.6 Å². The first-order valence-corrected chi connectivity index (χ1v) is 8.31. The van der Waals surface area contributed by atoms with Crippen molar-refractivity contribution in [3.63, 3.8) is 0 Å². The standard InChI is InChI=1S/C15H19N3O3S/c1-11-7-8-13(9-11)16-17-15(19)12-5-4-6-14(10-12)22(20,21)18(2)3/h4-6,9-10H,7-8H2,1-3H3,(H,17,19)/b16-13-. The summed E-state index contributed by atoms with van der Waals surface area (Å²) in [5.41, 5.74) is 4.77. The van der Waals surface area contributed by atoms with Gasteiger partial charge in [0, 0.05) is 19.7 Å². The monoisotopic (exact) mass is 321 g/mol. The maximum atomic E-state index is 12.1. The fourth-order valence-electron chi connectivity index (χ4n) is 2.04. The summed E-state index contributed by atoms with van der Waals surface area (Å²) >= 11 is 0. The highest BCUT2D eigenvalue weighted by Gasteiger charge is 2.18. The second kappa shape index (κ2) is 6.41. The number of sulfonamides is 1. The number of amides is 1. The van der Waals surface area contributed by atoms with E-state index >= 15 is 0 Å². The Kier molecular flexibility index (Phi) is 4.77. The Hall–Kier alpha value is -1.99.